The Balaban J connectivity index is 1.25. The smallest absolute Gasteiger partial charge is 0.256 e. The number of hydrogen-bond acceptors (Lipinski definition) is 4. The molecule has 1 saturated heterocycles. The summed E-state index contributed by atoms with van der Waals surface area (Å²) in [4.78, 5) is 28.4. The fourth-order valence-corrected chi connectivity index (χ4v) is 4.92. The quantitative estimate of drug-likeness (QED) is 0.209. The summed E-state index contributed by atoms with van der Waals surface area (Å²) in [5.41, 5.74) is 3.31. The molecule has 0 aliphatic carbocycles. The van der Waals surface area contributed by atoms with Crippen LogP contribution in [0.4, 0.5) is 4.39 Å². The van der Waals surface area contributed by atoms with Crippen molar-refractivity contribution in [2.45, 2.75) is 32.2 Å². The predicted octanol–water partition coefficient (Wildman–Crippen LogP) is 6.78. The van der Waals surface area contributed by atoms with E-state index in [0.717, 1.165) is 16.7 Å². The van der Waals surface area contributed by atoms with Crippen LogP contribution in [0.2, 0.25) is 0 Å². The highest BCUT2D eigenvalue weighted by molar-refractivity contribution is 5.98. The molecule has 1 fully saturated rings. The molecule has 1 aliphatic heterocycles. The van der Waals surface area contributed by atoms with Crippen LogP contribution in [0.5, 0.6) is 5.75 Å². The summed E-state index contributed by atoms with van der Waals surface area (Å²) in [7, 11) is 0. The molecule has 204 valence electrons. The number of nitrogens with zero attached hydrogens (tertiary/aromatic N) is 1. The molecule has 1 unspecified atom stereocenters. The Morgan fingerprint density at radius 1 is 0.750 bits per heavy atom. The minimum Gasteiger partial charge on any atom is -0.489 e. The van der Waals surface area contributed by atoms with Gasteiger partial charge in [0.2, 0.25) is 0 Å². The van der Waals surface area contributed by atoms with Crippen molar-refractivity contribution in [3.63, 3.8) is 0 Å². The minimum atomic E-state index is -0.785. The van der Waals surface area contributed by atoms with Gasteiger partial charge in [-0.3, -0.25) is 9.59 Å². The number of ketones is 1. The number of hydrogen-bond donors (Lipinski definition) is 0. The lowest BCUT2D eigenvalue weighted by molar-refractivity contribution is -0.146. The molecule has 6 heteroatoms. The molecule has 1 aliphatic rings. The van der Waals surface area contributed by atoms with E-state index in [4.69, 9.17) is 9.47 Å². The summed E-state index contributed by atoms with van der Waals surface area (Å²) in [6.07, 6.45) is 0.326. The fraction of sp³-hybridized carbons (Fsp3) is 0.235. The highest BCUT2D eigenvalue weighted by Gasteiger charge is 2.32. The normalized spacial score (nSPS) is 14.5. The van der Waals surface area contributed by atoms with Gasteiger partial charge in [0, 0.05) is 24.6 Å². The molecule has 0 bridgehead atoms. The van der Waals surface area contributed by atoms with Crippen LogP contribution >= 0.6 is 0 Å². The van der Waals surface area contributed by atoms with E-state index < -0.39 is 6.10 Å². The number of benzene rings is 4. The number of amides is 1. The molecule has 0 aromatic heterocycles. The van der Waals surface area contributed by atoms with Gasteiger partial charge >= 0.3 is 0 Å². The van der Waals surface area contributed by atoms with Gasteiger partial charge in [0.15, 0.2) is 11.9 Å². The SMILES string of the molecule is O=C(c1ccc(F)cc1)C1CCN(C(=O)C(OCc2ccccc2)c2ccc(OCc3ccccc3)cc2)CC1. The molecule has 4 aromatic carbocycles. The summed E-state index contributed by atoms with van der Waals surface area (Å²) in [5, 5.41) is 0. The number of carbonyl (C=O) groups excluding carboxylic acids is 2. The van der Waals surface area contributed by atoms with Crippen LogP contribution in [0.1, 0.15) is 46.0 Å². The zero-order valence-corrected chi connectivity index (χ0v) is 22.2. The van der Waals surface area contributed by atoms with Gasteiger partial charge in [0.05, 0.1) is 6.61 Å². The average molecular weight is 538 g/mol. The predicted molar refractivity (Wildman–Crippen MR) is 151 cm³/mol. The van der Waals surface area contributed by atoms with Gasteiger partial charge in [0.1, 0.15) is 18.2 Å². The first-order valence-corrected chi connectivity index (χ1v) is 13.6. The van der Waals surface area contributed by atoms with Crippen molar-refractivity contribution in [3.8, 4) is 5.75 Å². The second kappa shape index (κ2) is 13.2. The van der Waals surface area contributed by atoms with Gasteiger partial charge in [-0.15, -0.1) is 0 Å². The molecular weight excluding hydrogens is 505 g/mol. The van der Waals surface area contributed by atoms with Crippen LogP contribution in [0.15, 0.2) is 109 Å². The molecule has 5 nitrogen and oxygen atoms in total. The molecule has 5 rings (SSSR count). The summed E-state index contributed by atoms with van der Waals surface area (Å²) in [5.74, 6) is 0.0205. The lowest BCUT2D eigenvalue weighted by atomic mass is 9.88. The molecule has 1 amide bonds. The third kappa shape index (κ3) is 7.01. The van der Waals surface area contributed by atoms with Crippen LogP contribution in [0, 0.1) is 11.7 Å². The lowest BCUT2D eigenvalue weighted by Gasteiger charge is -2.34. The molecule has 4 aromatic rings. The van der Waals surface area contributed by atoms with Gasteiger partial charge < -0.3 is 14.4 Å². The third-order valence-electron chi connectivity index (χ3n) is 7.22. The van der Waals surface area contributed by atoms with Crippen molar-refractivity contribution < 1.29 is 23.5 Å². The molecule has 0 spiro atoms. The molecule has 0 radical (unpaired) electrons. The van der Waals surface area contributed by atoms with Crippen LogP contribution in [-0.2, 0) is 22.7 Å². The van der Waals surface area contributed by atoms with E-state index in [0.29, 0.717) is 50.5 Å². The third-order valence-corrected chi connectivity index (χ3v) is 7.22. The van der Waals surface area contributed by atoms with E-state index in [2.05, 4.69) is 0 Å². The van der Waals surface area contributed by atoms with Crippen LogP contribution in [0.3, 0.4) is 0 Å². The van der Waals surface area contributed by atoms with Gasteiger partial charge in [-0.25, -0.2) is 4.39 Å². The van der Waals surface area contributed by atoms with Gasteiger partial charge in [-0.05, 0) is 65.9 Å². The highest BCUT2D eigenvalue weighted by atomic mass is 19.1. The van der Waals surface area contributed by atoms with Crippen molar-refractivity contribution in [1.82, 2.24) is 4.90 Å². The van der Waals surface area contributed by atoms with Crippen molar-refractivity contribution in [2.75, 3.05) is 13.1 Å². The molecule has 1 heterocycles. The number of likely N-dealkylation sites (tertiary alicyclic amines) is 1. The Hall–Kier alpha value is -4.29. The molecule has 0 N–H and O–H groups in total. The van der Waals surface area contributed by atoms with Crippen LogP contribution < -0.4 is 4.74 Å². The number of halogens is 1. The highest BCUT2D eigenvalue weighted by Crippen LogP contribution is 2.28. The van der Waals surface area contributed by atoms with E-state index >= 15 is 0 Å². The zero-order chi connectivity index (χ0) is 27.7. The Morgan fingerprint density at radius 2 is 1.32 bits per heavy atom. The summed E-state index contributed by atoms with van der Waals surface area (Å²) >= 11 is 0. The fourth-order valence-electron chi connectivity index (χ4n) is 4.92. The second-order valence-electron chi connectivity index (χ2n) is 9.99. The summed E-state index contributed by atoms with van der Waals surface area (Å²) in [6, 6.07) is 32.8. The van der Waals surface area contributed by atoms with Gasteiger partial charge in [-0.1, -0.05) is 72.8 Å². The monoisotopic (exact) mass is 537 g/mol. The number of rotatable bonds is 10. The van der Waals surface area contributed by atoms with E-state index in [1.165, 1.54) is 24.3 Å². The largest absolute Gasteiger partial charge is 0.489 e. The number of Topliss-reactive ketones (excluding diaryl/α,β-unsaturated/α-hetero) is 1. The molecule has 40 heavy (non-hydrogen) atoms. The zero-order valence-electron chi connectivity index (χ0n) is 22.2. The first-order valence-electron chi connectivity index (χ1n) is 13.6. The maximum Gasteiger partial charge on any atom is 0.256 e. The van der Waals surface area contributed by atoms with Crippen molar-refractivity contribution in [1.29, 1.82) is 0 Å². The van der Waals surface area contributed by atoms with E-state index in [1.807, 2.05) is 84.9 Å². The Labute approximate surface area is 234 Å². The molecule has 0 saturated carbocycles. The van der Waals surface area contributed by atoms with Gasteiger partial charge in [-0.2, -0.15) is 0 Å². The van der Waals surface area contributed by atoms with Crippen molar-refractivity contribution in [2.24, 2.45) is 5.92 Å². The van der Waals surface area contributed by atoms with E-state index in [-0.39, 0.29) is 23.4 Å². The van der Waals surface area contributed by atoms with Crippen molar-refractivity contribution in [3.05, 3.63) is 137 Å². The minimum absolute atomic E-state index is 0.00457. The lowest BCUT2D eigenvalue weighted by Crippen LogP contribution is -2.43. The average Bonchev–Trinajstić information content (AvgIpc) is 3.02. The number of ether oxygens (including phenoxy) is 2. The Kier molecular flexibility index (Phi) is 8.99. The van der Waals surface area contributed by atoms with Gasteiger partial charge in [0.25, 0.3) is 5.91 Å². The second-order valence-corrected chi connectivity index (χ2v) is 9.99. The number of piperidine rings is 1. The maximum atomic E-state index is 13.7. The number of carbonyl (C=O) groups is 2. The van der Waals surface area contributed by atoms with Crippen LogP contribution in [-0.4, -0.2) is 29.7 Å². The van der Waals surface area contributed by atoms with E-state index in [9.17, 15) is 14.0 Å². The first-order chi connectivity index (χ1) is 19.6. The first kappa shape index (κ1) is 27.3. The summed E-state index contributed by atoms with van der Waals surface area (Å²) in [6.45, 7) is 1.67. The Morgan fingerprint density at radius 3 is 1.93 bits per heavy atom. The molecule has 1 atom stereocenters. The van der Waals surface area contributed by atoms with Crippen LogP contribution in [0.25, 0.3) is 0 Å². The standard InChI is InChI=1S/C34H32FNO4/c35-30-15-11-27(12-16-30)32(37)28-19-21-36(22-20-28)34(38)33(40-24-26-9-5-2-6-10-26)29-13-17-31(18-14-29)39-23-25-7-3-1-4-8-25/h1-18,28,33H,19-24H2. The topological polar surface area (TPSA) is 55.8 Å². The molecular formula is C34H32FNO4. The Bertz CT molecular complexity index is 1380. The maximum absolute atomic E-state index is 13.7. The van der Waals surface area contributed by atoms with E-state index in [1.54, 1.807) is 4.90 Å². The summed E-state index contributed by atoms with van der Waals surface area (Å²) < 4.78 is 25.4. The van der Waals surface area contributed by atoms with Crippen molar-refractivity contribution >= 4 is 11.7 Å².